The number of nitrogens with one attached hydrogen (secondary N) is 1. The Labute approximate surface area is 207 Å². The number of hydrogen-bond donors (Lipinski definition) is 1. The van der Waals surface area contributed by atoms with E-state index in [0.717, 1.165) is 23.8 Å². The monoisotopic (exact) mass is 502 g/mol. The Hall–Kier alpha value is -2.91. The largest absolute Gasteiger partial charge is 0.430 e. The molecular weight excluding hydrogens is 473 g/mol. The molecule has 5 rings (SSSR count). The van der Waals surface area contributed by atoms with Crippen molar-refractivity contribution < 1.29 is 32.2 Å². The van der Waals surface area contributed by atoms with Crippen molar-refractivity contribution in [3.8, 4) is 0 Å². The van der Waals surface area contributed by atoms with Gasteiger partial charge in [0.15, 0.2) is 0 Å². The summed E-state index contributed by atoms with van der Waals surface area (Å²) >= 11 is 0. The van der Waals surface area contributed by atoms with Gasteiger partial charge in [0, 0.05) is 44.6 Å². The van der Waals surface area contributed by atoms with E-state index in [1.165, 1.54) is 29.2 Å². The minimum atomic E-state index is -4.95. The van der Waals surface area contributed by atoms with Crippen molar-refractivity contribution in [2.24, 2.45) is 5.41 Å². The van der Waals surface area contributed by atoms with Crippen molar-refractivity contribution >= 4 is 11.8 Å². The lowest BCUT2D eigenvalue weighted by Crippen LogP contribution is -2.60. The molecule has 3 aliphatic rings. The number of amides is 2. The summed E-state index contributed by atoms with van der Waals surface area (Å²) in [5.74, 6) is -1.19. The lowest BCUT2D eigenvalue weighted by atomic mass is 9.62. The van der Waals surface area contributed by atoms with E-state index in [2.05, 4.69) is 23.5 Å². The van der Waals surface area contributed by atoms with Crippen LogP contribution in [0.4, 0.5) is 13.2 Å². The first kappa shape index (κ1) is 24.8. The van der Waals surface area contributed by atoms with Gasteiger partial charge < -0.3 is 19.7 Å². The number of benzene rings is 2. The fourth-order valence-corrected chi connectivity index (χ4v) is 6.12. The maximum absolute atomic E-state index is 14.4. The quantitative estimate of drug-likeness (QED) is 0.686. The number of likely N-dealkylation sites (tertiary alicyclic amines) is 1. The van der Waals surface area contributed by atoms with E-state index >= 15 is 0 Å². The number of ether oxygens (including phenoxy) is 2. The zero-order chi connectivity index (χ0) is 25.6. The van der Waals surface area contributed by atoms with Crippen molar-refractivity contribution in [1.29, 1.82) is 0 Å². The van der Waals surface area contributed by atoms with Crippen LogP contribution in [0.5, 0.6) is 0 Å². The summed E-state index contributed by atoms with van der Waals surface area (Å²) in [6, 6.07) is 13.3. The number of alkyl halides is 3. The van der Waals surface area contributed by atoms with Crippen molar-refractivity contribution in [1.82, 2.24) is 10.2 Å². The topological polar surface area (TPSA) is 67.9 Å². The summed E-state index contributed by atoms with van der Waals surface area (Å²) in [6.45, 7) is 1.82. The Balaban J connectivity index is 1.42. The van der Waals surface area contributed by atoms with Crippen LogP contribution < -0.4 is 5.32 Å². The van der Waals surface area contributed by atoms with Crippen LogP contribution >= 0.6 is 0 Å². The maximum Gasteiger partial charge on any atom is 0.430 e. The first-order valence-electron chi connectivity index (χ1n) is 12.1. The molecule has 0 bridgehead atoms. The highest BCUT2D eigenvalue weighted by molar-refractivity contribution is 5.88. The molecule has 0 aliphatic carbocycles. The highest BCUT2D eigenvalue weighted by Gasteiger charge is 2.64. The zero-order valence-electron chi connectivity index (χ0n) is 20.1. The molecule has 2 saturated heterocycles. The molecule has 6 nitrogen and oxygen atoms in total. The molecule has 0 unspecified atom stereocenters. The lowest BCUT2D eigenvalue weighted by molar-refractivity contribution is -0.271. The predicted molar refractivity (Wildman–Crippen MR) is 125 cm³/mol. The number of halogens is 3. The Kier molecular flexibility index (Phi) is 6.32. The number of nitrogens with zero attached hydrogens (tertiary/aromatic N) is 1. The van der Waals surface area contributed by atoms with Crippen LogP contribution in [0, 0.1) is 5.41 Å². The Morgan fingerprint density at radius 1 is 1.08 bits per heavy atom. The number of piperidine rings is 2. The number of hydrogen-bond acceptors (Lipinski definition) is 4. The second kappa shape index (κ2) is 9.19. The molecule has 2 fully saturated rings. The van der Waals surface area contributed by atoms with Gasteiger partial charge in [-0.05, 0) is 34.9 Å². The third-order valence-corrected chi connectivity index (χ3v) is 8.14. The second-order valence-electron chi connectivity index (χ2n) is 9.96. The smallest absolute Gasteiger partial charge is 0.372 e. The number of carbonyl (C=O) groups excluding carboxylic acids is 2. The van der Waals surface area contributed by atoms with Gasteiger partial charge in [0.25, 0.3) is 11.5 Å². The standard InChI is InChI=1S/C27H29F3N2O4/c1-35-26(27(28,29)30,21-5-3-2-4-6-21)24(34)32-11-9-25(10-12-32)14-23(33)31-15-22(25)18-7-8-19-16-36-17-20(19)13-18/h2-8,13,22H,9-12,14-17H2,1H3,(H,31,33)/t22-,26+/m0/s1. The molecule has 1 spiro atoms. The van der Waals surface area contributed by atoms with Crippen LogP contribution in [0.15, 0.2) is 48.5 Å². The molecule has 192 valence electrons. The van der Waals surface area contributed by atoms with Crippen LogP contribution in [0.3, 0.4) is 0 Å². The lowest BCUT2D eigenvalue weighted by Gasteiger charge is -2.50. The Bertz CT molecular complexity index is 1150. The van der Waals surface area contributed by atoms with Gasteiger partial charge in [-0.25, -0.2) is 0 Å². The fraction of sp³-hybridized carbons (Fsp3) is 0.481. The van der Waals surface area contributed by atoms with Gasteiger partial charge >= 0.3 is 6.18 Å². The van der Waals surface area contributed by atoms with E-state index < -0.39 is 23.1 Å². The van der Waals surface area contributed by atoms with Gasteiger partial charge in [-0.15, -0.1) is 0 Å². The molecule has 0 aromatic heterocycles. The summed E-state index contributed by atoms with van der Waals surface area (Å²) in [5.41, 5.74) is -0.400. The van der Waals surface area contributed by atoms with E-state index in [1.54, 1.807) is 6.07 Å². The minimum Gasteiger partial charge on any atom is -0.372 e. The van der Waals surface area contributed by atoms with Crippen LogP contribution in [0.1, 0.15) is 47.4 Å². The van der Waals surface area contributed by atoms with Gasteiger partial charge in [0.05, 0.1) is 13.2 Å². The van der Waals surface area contributed by atoms with E-state index in [1.807, 2.05) is 0 Å². The molecule has 2 aromatic carbocycles. The normalized spacial score (nSPS) is 23.2. The molecule has 0 radical (unpaired) electrons. The van der Waals surface area contributed by atoms with Gasteiger partial charge in [-0.1, -0.05) is 48.5 Å². The fourth-order valence-electron chi connectivity index (χ4n) is 6.12. The highest BCUT2D eigenvalue weighted by Crippen LogP contribution is 2.50. The van der Waals surface area contributed by atoms with Crippen molar-refractivity contribution in [3.05, 3.63) is 70.8 Å². The SMILES string of the molecule is CO[C@@](C(=O)N1CCC2(CC1)CC(=O)NC[C@H]2c1ccc2c(c1)COC2)(c1ccccc1)C(F)(F)F. The number of methoxy groups -OCH3 is 1. The third-order valence-electron chi connectivity index (χ3n) is 8.14. The predicted octanol–water partition coefficient (Wildman–Crippen LogP) is 4.03. The Morgan fingerprint density at radius 2 is 1.78 bits per heavy atom. The molecule has 2 atom stereocenters. The summed E-state index contributed by atoms with van der Waals surface area (Å²) < 4.78 is 53.8. The van der Waals surface area contributed by atoms with Crippen LogP contribution in [-0.4, -0.2) is 49.6 Å². The molecule has 2 aromatic rings. The maximum atomic E-state index is 14.4. The average Bonchev–Trinajstić information content (AvgIpc) is 3.33. The summed E-state index contributed by atoms with van der Waals surface area (Å²) in [6.07, 6.45) is -3.82. The van der Waals surface area contributed by atoms with Crippen LogP contribution in [0.2, 0.25) is 0 Å². The van der Waals surface area contributed by atoms with E-state index in [4.69, 9.17) is 9.47 Å². The van der Waals surface area contributed by atoms with Crippen molar-refractivity contribution in [2.45, 2.75) is 50.2 Å². The number of carbonyl (C=O) groups is 2. The van der Waals surface area contributed by atoms with Gasteiger partial charge in [-0.2, -0.15) is 13.2 Å². The van der Waals surface area contributed by atoms with Gasteiger partial charge in [0.2, 0.25) is 5.91 Å². The molecule has 3 aliphatic heterocycles. The molecule has 36 heavy (non-hydrogen) atoms. The molecular formula is C27H29F3N2O4. The molecule has 3 heterocycles. The second-order valence-corrected chi connectivity index (χ2v) is 9.96. The van der Waals surface area contributed by atoms with E-state index in [0.29, 0.717) is 32.6 Å². The Morgan fingerprint density at radius 3 is 2.44 bits per heavy atom. The average molecular weight is 503 g/mol. The molecule has 9 heteroatoms. The molecule has 1 N–H and O–H groups in total. The number of fused-ring (bicyclic) bond motifs is 1. The van der Waals surface area contributed by atoms with E-state index in [-0.39, 0.29) is 36.9 Å². The molecule has 2 amide bonds. The highest BCUT2D eigenvalue weighted by atomic mass is 19.4. The third kappa shape index (κ3) is 3.98. The summed E-state index contributed by atoms with van der Waals surface area (Å²) in [7, 11) is 0.920. The summed E-state index contributed by atoms with van der Waals surface area (Å²) in [4.78, 5) is 27.2. The first-order valence-corrected chi connectivity index (χ1v) is 12.1. The van der Waals surface area contributed by atoms with Crippen LogP contribution in [-0.2, 0) is 37.9 Å². The van der Waals surface area contributed by atoms with Crippen LogP contribution in [0.25, 0.3) is 0 Å². The van der Waals surface area contributed by atoms with E-state index in [9.17, 15) is 22.8 Å². The van der Waals surface area contributed by atoms with Crippen molar-refractivity contribution in [3.63, 3.8) is 0 Å². The van der Waals surface area contributed by atoms with Gasteiger partial charge in [-0.3, -0.25) is 9.59 Å². The van der Waals surface area contributed by atoms with Crippen molar-refractivity contribution in [2.75, 3.05) is 26.7 Å². The first-order chi connectivity index (χ1) is 17.2. The van der Waals surface area contributed by atoms with Gasteiger partial charge in [0.1, 0.15) is 0 Å². The summed E-state index contributed by atoms with van der Waals surface area (Å²) in [5, 5.41) is 2.96. The zero-order valence-corrected chi connectivity index (χ0v) is 20.1. The molecule has 0 saturated carbocycles. The minimum absolute atomic E-state index is 0.00211. The number of rotatable bonds is 4.